The average molecular weight is 299 g/mol. The molecule has 4 aliphatic rings. The number of aliphatic imine (C=N–C) groups is 1. The summed E-state index contributed by atoms with van der Waals surface area (Å²) < 4.78 is 5.30. The molecule has 3 nitrogen and oxygen atoms in total. The molecular formula is C19H25NO2. The number of aromatic hydroxyl groups is 1. The van der Waals surface area contributed by atoms with Crippen molar-refractivity contribution in [2.45, 2.75) is 45.1 Å². The molecule has 1 N–H and O–H groups in total. The quantitative estimate of drug-likeness (QED) is 0.859. The zero-order valence-corrected chi connectivity index (χ0v) is 13.5. The van der Waals surface area contributed by atoms with E-state index in [0.717, 1.165) is 40.5 Å². The van der Waals surface area contributed by atoms with Crippen LogP contribution < -0.4 is 4.74 Å². The predicted octanol–water partition coefficient (Wildman–Crippen LogP) is 3.95. The van der Waals surface area contributed by atoms with Crippen LogP contribution in [0.5, 0.6) is 11.5 Å². The van der Waals surface area contributed by atoms with Gasteiger partial charge >= 0.3 is 0 Å². The van der Waals surface area contributed by atoms with E-state index in [4.69, 9.17) is 9.73 Å². The van der Waals surface area contributed by atoms with Crippen LogP contribution in [0.25, 0.3) is 0 Å². The molecule has 22 heavy (non-hydrogen) atoms. The van der Waals surface area contributed by atoms with Gasteiger partial charge < -0.3 is 9.84 Å². The van der Waals surface area contributed by atoms with Crippen molar-refractivity contribution in [3.8, 4) is 11.5 Å². The van der Waals surface area contributed by atoms with Crippen molar-refractivity contribution in [2.24, 2.45) is 28.7 Å². The highest BCUT2D eigenvalue weighted by atomic mass is 16.5. The van der Waals surface area contributed by atoms with Crippen LogP contribution in [0.1, 0.15) is 43.2 Å². The van der Waals surface area contributed by atoms with Crippen LogP contribution in [0, 0.1) is 30.6 Å². The number of phenolic OH excluding ortho intramolecular Hbond substituents is 1. The molecule has 4 aliphatic carbocycles. The zero-order chi connectivity index (χ0) is 15.3. The summed E-state index contributed by atoms with van der Waals surface area (Å²) in [5, 5.41) is 10.3. The maximum Gasteiger partial charge on any atom is 0.127 e. The molecule has 0 aliphatic heterocycles. The number of methoxy groups -OCH3 is 1. The third kappa shape index (κ3) is 2.31. The molecule has 0 atom stereocenters. The Labute approximate surface area is 132 Å². The summed E-state index contributed by atoms with van der Waals surface area (Å²) in [4.78, 5) is 4.93. The molecule has 4 bridgehead atoms. The molecule has 0 radical (unpaired) electrons. The van der Waals surface area contributed by atoms with Gasteiger partial charge in [0, 0.05) is 11.8 Å². The number of benzene rings is 1. The van der Waals surface area contributed by atoms with Crippen LogP contribution in [0.15, 0.2) is 17.1 Å². The van der Waals surface area contributed by atoms with E-state index in [-0.39, 0.29) is 0 Å². The highest BCUT2D eigenvalue weighted by Gasteiger charge is 2.47. The van der Waals surface area contributed by atoms with E-state index in [1.165, 1.54) is 32.1 Å². The zero-order valence-electron chi connectivity index (χ0n) is 13.5. The number of rotatable bonds is 3. The van der Waals surface area contributed by atoms with Crippen molar-refractivity contribution in [3.63, 3.8) is 0 Å². The smallest absolute Gasteiger partial charge is 0.127 e. The first-order valence-electron chi connectivity index (χ1n) is 8.54. The summed E-state index contributed by atoms with van der Waals surface area (Å²) in [5.74, 6) is 4.61. The van der Waals surface area contributed by atoms with Crippen LogP contribution in [0.2, 0.25) is 0 Å². The lowest BCUT2D eigenvalue weighted by Crippen LogP contribution is -2.47. The SMILES string of the molecule is COc1cc(C)c(O)c(C=NC2C3CC4CC(C3)CC2C4)c1. The van der Waals surface area contributed by atoms with Crippen LogP contribution in [-0.2, 0) is 0 Å². The molecule has 5 rings (SSSR count). The molecule has 0 heterocycles. The normalized spacial score (nSPS) is 36.2. The van der Waals surface area contributed by atoms with Gasteiger partial charge in [-0.15, -0.1) is 0 Å². The second-order valence-corrected chi connectivity index (χ2v) is 7.58. The van der Waals surface area contributed by atoms with Crippen LogP contribution >= 0.6 is 0 Å². The highest BCUT2D eigenvalue weighted by Crippen LogP contribution is 2.54. The van der Waals surface area contributed by atoms with Crippen molar-refractivity contribution in [3.05, 3.63) is 23.3 Å². The first-order chi connectivity index (χ1) is 10.6. The summed E-state index contributed by atoms with van der Waals surface area (Å²) in [6, 6.07) is 4.20. The predicted molar refractivity (Wildman–Crippen MR) is 87.8 cm³/mol. The monoisotopic (exact) mass is 299 g/mol. The molecule has 1 aromatic rings. The van der Waals surface area contributed by atoms with E-state index in [2.05, 4.69) is 0 Å². The van der Waals surface area contributed by atoms with Gasteiger partial charge in [-0.25, -0.2) is 0 Å². The number of aryl methyl sites for hydroxylation is 1. The van der Waals surface area contributed by atoms with Gasteiger partial charge in [0.25, 0.3) is 0 Å². The van der Waals surface area contributed by atoms with Crippen molar-refractivity contribution >= 4 is 6.21 Å². The third-order valence-corrected chi connectivity index (χ3v) is 6.10. The van der Waals surface area contributed by atoms with E-state index in [1.54, 1.807) is 7.11 Å². The van der Waals surface area contributed by atoms with Crippen molar-refractivity contribution < 1.29 is 9.84 Å². The maximum absolute atomic E-state index is 10.3. The molecule has 1 aromatic carbocycles. The minimum absolute atomic E-state index is 0.327. The van der Waals surface area contributed by atoms with Crippen molar-refractivity contribution in [2.75, 3.05) is 7.11 Å². The van der Waals surface area contributed by atoms with E-state index in [1.807, 2.05) is 25.3 Å². The summed E-state index contributed by atoms with van der Waals surface area (Å²) in [5.41, 5.74) is 1.62. The summed E-state index contributed by atoms with van der Waals surface area (Å²) in [6.45, 7) is 1.90. The number of hydrogen-bond donors (Lipinski definition) is 1. The summed E-state index contributed by atoms with van der Waals surface area (Å²) in [7, 11) is 1.66. The fourth-order valence-electron chi connectivity index (χ4n) is 5.30. The molecule has 0 aromatic heterocycles. The standard InChI is InChI=1S/C19H25NO2/c1-11-3-17(22-2)9-16(19(11)21)10-20-18-14-5-12-4-13(7-14)8-15(18)6-12/h3,9-10,12-15,18,21H,4-8H2,1-2H3. The fraction of sp³-hybridized carbons (Fsp3) is 0.632. The van der Waals surface area contributed by atoms with E-state index >= 15 is 0 Å². The second-order valence-electron chi connectivity index (χ2n) is 7.58. The lowest BCUT2D eigenvalue weighted by molar-refractivity contribution is 0.00146. The topological polar surface area (TPSA) is 41.8 Å². The molecule has 0 amide bonds. The van der Waals surface area contributed by atoms with Gasteiger partial charge in [-0.1, -0.05) is 0 Å². The van der Waals surface area contributed by atoms with E-state index in [9.17, 15) is 5.11 Å². The van der Waals surface area contributed by atoms with Crippen LogP contribution in [-0.4, -0.2) is 24.5 Å². The Balaban J connectivity index is 1.58. The Hall–Kier alpha value is -1.51. The van der Waals surface area contributed by atoms with Gasteiger partial charge in [-0.3, -0.25) is 4.99 Å². The molecule has 0 spiro atoms. The Morgan fingerprint density at radius 3 is 2.32 bits per heavy atom. The first kappa shape index (κ1) is 14.1. The van der Waals surface area contributed by atoms with Gasteiger partial charge in [-0.2, -0.15) is 0 Å². The molecule has 0 unspecified atom stereocenters. The number of hydrogen-bond acceptors (Lipinski definition) is 3. The second kappa shape index (κ2) is 5.29. The van der Waals surface area contributed by atoms with Gasteiger partial charge in [0.1, 0.15) is 11.5 Å². The maximum atomic E-state index is 10.3. The van der Waals surface area contributed by atoms with E-state index < -0.39 is 0 Å². The number of nitrogens with zero attached hydrogens (tertiary/aromatic N) is 1. The average Bonchev–Trinajstić information content (AvgIpc) is 2.49. The highest BCUT2D eigenvalue weighted by molar-refractivity contribution is 5.85. The van der Waals surface area contributed by atoms with Gasteiger partial charge in [0.05, 0.1) is 13.2 Å². The molecular weight excluding hydrogens is 274 g/mol. The summed E-state index contributed by atoms with van der Waals surface area (Å²) in [6.07, 6.45) is 8.85. The number of phenols is 1. The molecule has 4 saturated carbocycles. The van der Waals surface area contributed by atoms with Crippen molar-refractivity contribution in [1.29, 1.82) is 0 Å². The lowest BCUT2D eigenvalue weighted by atomic mass is 9.54. The largest absolute Gasteiger partial charge is 0.507 e. The van der Waals surface area contributed by atoms with E-state index in [0.29, 0.717) is 11.8 Å². The Morgan fingerprint density at radius 2 is 1.73 bits per heavy atom. The van der Waals surface area contributed by atoms with Gasteiger partial charge in [0.2, 0.25) is 0 Å². The molecule has 4 fully saturated rings. The minimum Gasteiger partial charge on any atom is -0.507 e. The van der Waals surface area contributed by atoms with Crippen molar-refractivity contribution in [1.82, 2.24) is 0 Å². The van der Waals surface area contributed by atoms with Crippen LogP contribution in [0.3, 0.4) is 0 Å². The number of ether oxygens (including phenoxy) is 1. The van der Waals surface area contributed by atoms with Crippen LogP contribution in [0.4, 0.5) is 0 Å². The Kier molecular flexibility index (Phi) is 3.39. The molecule has 0 saturated heterocycles. The third-order valence-electron chi connectivity index (χ3n) is 6.10. The Morgan fingerprint density at radius 1 is 1.09 bits per heavy atom. The molecule has 118 valence electrons. The van der Waals surface area contributed by atoms with Gasteiger partial charge in [0.15, 0.2) is 0 Å². The minimum atomic E-state index is 0.327. The first-order valence-corrected chi connectivity index (χ1v) is 8.54. The lowest BCUT2D eigenvalue weighted by Gasteiger charge is -2.53. The van der Waals surface area contributed by atoms with Gasteiger partial charge in [-0.05, 0) is 80.4 Å². The molecule has 3 heteroatoms. The summed E-state index contributed by atoms with van der Waals surface area (Å²) >= 11 is 0. The fourth-order valence-corrected chi connectivity index (χ4v) is 5.30. The Bertz CT molecular complexity index is 580.